The highest BCUT2D eigenvalue weighted by Crippen LogP contribution is 2.22. The highest BCUT2D eigenvalue weighted by atomic mass is 32.2. The number of nitrogens with zero attached hydrogens (tertiary/aromatic N) is 4. The van der Waals surface area contributed by atoms with Gasteiger partial charge in [-0.25, -0.2) is 8.42 Å². The minimum Gasteiger partial charge on any atom is -0.386 e. The van der Waals surface area contributed by atoms with E-state index in [0.717, 1.165) is 23.3 Å². The number of aryl methyl sites for hydroxylation is 1. The zero-order chi connectivity index (χ0) is 19.2. The van der Waals surface area contributed by atoms with Crippen LogP contribution in [0.1, 0.15) is 39.2 Å². The zero-order valence-electron chi connectivity index (χ0n) is 15.4. The zero-order valence-corrected chi connectivity index (χ0v) is 16.2. The molecule has 1 aliphatic heterocycles. The van der Waals surface area contributed by atoms with E-state index >= 15 is 0 Å². The number of rotatable bonds is 4. The number of aliphatic hydroxyl groups excluding tert-OH is 1. The van der Waals surface area contributed by atoms with Gasteiger partial charge in [-0.2, -0.15) is 5.10 Å². The van der Waals surface area contributed by atoms with Crippen molar-refractivity contribution >= 4 is 15.7 Å². The number of aliphatic hydroxyl groups is 1. The lowest BCUT2D eigenvalue weighted by Gasteiger charge is -2.27. The molecule has 0 aromatic carbocycles. The van der Waals surface area contributed by atoms with Crippen molar-refractivity contribution in [3.8, 4) is 0 Å². The van der Waals surface area contributed by atoms with Crippen LogP contribution in [0, 0.1) is 13.8 Å². The minimum atomic E-state index is -3.31. The van der Waals surface area contributed by atoms with Gasteiger partial charge < -0.3 is 14.6 Å². The van der Waals surface area contributed by atoms with Crippen LogP contribution in [0.25, 0.3) is 0 Å². The molecule has 142 valence electrons. The third-order valence-electron chi connectivity index (χ3n) is 4.91. The van der Waals surface area contributed by atoms with Crippen LogP contribution in [0.2, 0.25) is 0 Å². The van der Waals surface area contributed by atoms with Crippen LogP contribution in [0.3, 0.4) is 0 Å². The van der Waals surface area contributed by atoms with E-state index in [1.54, 1.807) is 15.6 Å². The molecule has 3 rings (SSSR count). The van der Waals surface area contributed by atoms with Gasteiger partial charge in [0.05, 0.1) is 35.8 Å². The van der Waals surface area contributed by atoms with Crippen molar-refractivity contribution in [2.75, 3.05) is 18.6 Å². The second-order valence-electron chi connectivity index (χ2n) is 6.96. The maximum atomic E-state index is 12.9. The SMILES string of the molecule is Cc1cc(C(=O)N2CCn3nc([C@@H](O)CS(C)(=O)=O)cc3C2)c(C)n1C. The van der Waals surface area contributed by atoms with E-state index in [1.807, 2.05) is 31.5 Å². The maximum Gasteiger partial charge on any atom is 0.256 e. The third kappa shape index (κ3) is 3.54. The Morgan fingerprint density at radius 1 is 1.31 bits per heavy atom. The molecule has 1 amide bonds. The number of carbonyl (C=O) groups excluding carboxylic acids is 1. The molecule has 0 bridgehead atoms. The number of amides is 1. The molecular weight excluding hydrogens is 356 g/mol. The third-order valence-corrected chi connectivity index (χ3v) is 5.83. The maximum absolute atomic E-state index is 12.9. The lowest BCUT2D eigenvalue weighted by Crippen LogP contribution is -2.38. The lowest BCUT2D eigenvalue weighted by molar-refractivity contribution is 0.0705. The molecular formula is C17H24N4O4S. The lowest BCUT2D eigenvalue weighted by atomic mass is 10.2. The Balaban J connectivity index is 1.79. The van der Waals surface area contributed by atoms with Crippen LogP contribution in [-0.4, -0.2) is 57.2 Å². The molecule has 8 nitrogen and oxygen atoms in total. The number of fused-ring (bicyclic) bond motifs is 1. The number of hydrogen-bond acceptors (Lipinski definition) is 5. The second kappa shape index (κ2) is 6.55. The van der Waals surface area contributed by atoms with Gasteiger partial charge in [0.1, 0.15) is 15.9 Å². The number of aromatic nitrogens is 3. The molecule has 0 saturated heterocycles. The summed E-state index contributed by atoms with van der Waals surface area (Å²) in [5, 5.41) is 14.4. The van der Waals surface area contributed by atoms with E-state index in [-0.39, 0.29) is 11.7 Å². The average molecular weight is 380 g/mol. The van der Waals surface area contributed by atoms with E-state index in [9.17, 15) is 18.3 Å². The average Bonchev–Trinajstić information content (AvgIpc) is 3.09. The Bertz CT molecular complexity index is 958. The van der Waals surface area contributed by atoms with Gasteiger partial charge in [0, 0.05) is 31.2 Å². The minimum absolute atomic E-state index is 0.0307. The van der Waals surface area contributed by atoms with Gasteiger partial charge in [-0.3, -0.25) is 9.48 Å². The summed E-state index contributed by atoms with van der Waals surface area (Å²) >= 11 is 0. The summed E-state index contributed by atoms with van der Waals surface area (Å²) in [6.45, 7) is 5.30. The van der Waals surface area contributed by atoms with Crippen molar-refractivity contribution in [2.24, 2.45) is 7.05 Å². The summed E-state index contributed by atoms with van der Waals surface area (Å²) in [4.78, 5) is 14.6. The monoisotopic (exact) mass is 380 g/mol. The van der Waals surface area contributed by atoms with E-state index < -0.39 is 15.9 Å². The standard InChI is InChI=1S/C17H24N4O4S/c1-11-7-14(12(2)19(11)3)17(23)20-5-6-21-13(9-20)8-15(18-21)16(22)10-26(4,24)25/h7-8,16,22H,5-6,9-10H2,1-4H3/t16-/m0/s1. The van der Waals surface area contributed by atoms with Gasteiger partial charge in [0.25, 0.3) is 5.91 Å². The summed E-state index contributed by atoms with van der Waals surface area (Å²) in [6, 6.07) is 3.57. The Labute approximate surface area is 152 Å². The Morgan fingerprint density at radius 3 is 2.58 bits per heavy atom. The van der Waals surface area contributed by atoms with Crippen LogP contribution in [0.15, 0.2) is 12.1 Å². The molecule has 2 aromatic rings. The molecule has 3 heterocycles. The first-order chi connectivity index (χ1) is 12.1. The summed E-state index contributed by atoms with van der Waals surface area (Å²) in [5.41, 5.74) is 3.76. The van der Waals surface area contributed by atoms with E-state index in [2.05, 4.69) is 5.10 Å². The predicted molar refractivity (Wildman–Crippen MR) is 96.5 cm³/mol. The Morgan fingerprint density at radius 2 is 2.00 bits per heavy atom. The first-order valence-electron chi connectivity index (χ1n) is 8.41. The first kappa shape index (κ1) is 18.7. The van der Waals surface area contributed by atoms with Crippen LogP contribution < -0.4 is 0 Å². The summed E-state index contributed by atoms with van der Waals surface area (Å²) in [7, 11) is -1.37. The molecule has 9 heteroatoms. The molecule has 0 radical (unpaired) electrons. The van der Waals surface area contributed by atoms with Crippen molar-refractivity contribution in [1.82, 2.24) is 19.2 Å². The van der Waals surface area contributed by atoms with Gasteiger partial charge in [-0.1, -0.05) is 0 Å². The Hall–Kier alpha value is -2.13. The van der Waals surface area contributed by atoms with Crippen LogP contribution in [0.4, 0.5) is 0 Å². The molecule has 0 saturated carbocycles. The molecule has 1 atom stereocenters. The molecule has 0 aliphatic carbocycles. The first-order valence-corrected chi connectivity index (χ1v) is 10.5. The smallest absolute Gasteiger partial charge is 0.256 e. The summed E-state index contributed by atoms with van der Waals surface area (Å²) in [6.07, 6.45) is -0.0807. The van der Waals surface area contributed by atoms with Gasteiger partial charge in [0.15, 0.2) is 0 Å². The number of carbonyl (C=O) groups is 1. The molecule has 0 fully saturated rings. The molecule has 1 N–H and O–H groups in total. The molecule has 1 aliphatic rings. The summed E-state index contributed by atoms with van der Waals surface area (Å²) in [5.74, 6) is -0.397. The fourth-order valence-corrected chi connectivity index (χ4v) is 3.98. The fraction of sp³-hybridized carbons (Fsp3) is 0.529. The highest BCUT2D eigenvalue weighted by Gasteiger charge is 2.27. The molecule has 0 spiro atoms. The van der Waals surface area contributed by atoms with Gasteiger partial charge in [-0.15, -0.1) is 0 Å². The topological polar surface area (TPSA) is 97.4 Å². The van der Waals surface area contributed by atoms with Crippen molar-refractivity contribution in [1.29, 1.82) is 0 Å². The Kier molecular flexibility index (Phi) is 4.70. The normalized spacial score (nSPS) is 15.8. The number of sulfone groups is 1. The largest absolute Gasteiger partial charge is 0.386 e. The van der Waals surface area contributed by atoms with Gasteiger partial charge in [0.2, 0.25) is 0 Å². The number of hydrogen-bond donors (Lipinski definition) is 1. The van der Waals surface area contributed by atoms with Crippen LogP contribution in [0.5, 0.6) is 0 Å². The van der Waals surface area contributed by atoms with Gasteiger partial charge >= 0.3 is 0 Å². The van der Waals surface area contributed by atoms with Crippen molar-refractivity contribution < 1.29 is 18.3 Å². The van der Waals surface area contributed by atoms with E-state index in [4.69, 9.17) is 0 Å². The molecule has 26 heavy (non-hydrogen) atoms. The second-order valence-corrected chi connectivity index (χ2v) is 9.15. The van der Waals surface area contributed by atoms with Crippen LogP contribution in [-0.2, 0) is 30.0 Å². The van der Waals surface area contributed by atoms with Crippen LogP contribution >= 0.6 is 0 Å². The predicted octanol–water partition coefficient (Wildman–Crippen LogP) is 0.572. The van der Waals surface area contributed by atoms with E-state index in [1.165, 1.54) is 0 Å². The van der Waals surface area contributed by atoms with Gasteiger partial charge in [-0.05, 0) is 26.0 Å². The van der Waals surface area contributed by atoms with Crippen molar-refractivity contribution in [2.45, 2.75) is 33.0 Å². The molecule has 2 aromatic heterocycles. The highest BCUT2D eigenvalue weighted by molar-refractivity contribution is 7.90. The van der Waals surface area contributed by atoms with Crippen molar-refractivity contribution in [3.63, 3.8) is 0 Å². The summed E-state index contributed by atoms with van der Waals surface area (Å²) < 4.78 is 26.5. The fourth-order valence-electron chi connectivity index (χ4n) is 3.24. The van der Waals surface area contributed by atoms with Crippen molar-refractivity contribution in [3.05, 3.63) is 40.5 Å². The quantitative estimate of drug-likeness (QED) is 0.836. The van der Waals surface area contributed by atoms with E-state index in [0.29, 0.717) is 30.9 Å². The molecule has 0 unspecified atom stereocenters.